The molecule has 25 heavy (non-hydrogen) atoms. The monoisotopic (exact) mass is 381 g/mol. The smallest absolute Gasteiger partial charge is 0.251 e. The van der Waals surface area contributed by atoms with Gasteiger partial charge in [-0.05, 0) is 50.8 Å². The molecule has 0 amide bonds. The Morgan fingerprint density at radius 1 is 1.16 bits per heavy atom. The van der Waals surface area contributed by atoms with Crippen molar-refractivity contribution in [2.45, 2.75) is 63.3 Å². The van der Waals surface area contributed by atoms with Crippen molar-refractivity contribution in [3.63, 3.8) is 0 Å². The summed E-state index contributed by atoms with van der Waals surface area (Å²) in [6, 6.07) is 9.37. The minimum atomic E-state index is -3.64. The van der Waals surface area contributed by atoms with Gasteiger partial charge in [0.05, 0.1) is 6.61 Å². The summed E-state index contributed by atoms with van der Waals surface area (Å²) in [7, 11) is -3.64. The maximum Gasteiger partial charge on any atom is 0.251 e. The third-order valence-corrected chi connectivity index (χ3v) is 7.18. The van der Waals surface area contributed by atoms with E-state index in [1.165, 1.54) is 11.3 Å². The van der Waals surface area contributed by atoms with Crippen LogP contribution in [0.5, 0.6) is 0 Å². The first kappa shape index (κ1) is 20.1. The second-order valence-electron chi connectivity index (χ2n) is 7.19. The number of sulfonamides is 1. The molecule has 1 heterocycles. The summed E-state index contributed by atoms with van der Waals surface area (Å²) < 4.78 is 29.0. The second-order valence-corrected chi connectivity index (χ2v) is 10.2. The van der Waals surface area contributed by atoms with Crippen LogP contribution in [0.1, 0.15) is 51.0 Å². The summed E-state index contributed by atoms with van der Waals surface area (Å²) in [5.41, 5.74) is 1.63. The lowest BCUT2D eigenvalue weighted by Crippen LogP contribution is -2.40. The molecule has 0 atom stereocenters. The molecule has 1 aromatic carbocycles. The predicted octanol–water partition coefficient (Wildman–Crippen LogP) is 4.33. The average molecular weight is 382 g/mol. The molecular formula is C19H27NO3S2. The molecule has 2 N–H and O–H groups in total. The van der Waals surface area contributed by atoms with Gasteiger partial charge in [-0.25, -0.2) is 13.1 Å². The lowest BCUT2D eigenvalue weighted by Gasteiger charge is -2.20. The third kappa shape index (κ3) is 5.14. The first-order chi connectivity index (χ1) is 11.7. The van der Waals surface area contributed by atoms with Crippen molar-refractivity contribution in [2.75, 3.05) is 0 Å². The van der Waals surface area contributed by atoms with Gasteiger partial charge in [-0.2, -0.15) is 0 Å². The molecule has 0 aliphatic heterocycles. The fourth-order valence-corrected chi connectivity index (χ4v) is 5.84. The highest BCUT2D eigenvalue weighted by Gasteiger charge is 2.28. The van der Waals surface area contributed by atoms with Crippen LogP contribution in [0, 0.1) is 0 Å². The molecule has 0 fully saturated rings. The molecule has 6 heteroatoms. The molecule has 0 bridgehead atoms. The number of nitrogens with one attached hydrogen (secondary N) is 1. The van der Waals surface area contributed by atoms with Crippen molar-refractivity contribution in [2.24, 2.45) is 0 Å². The van der Waals surface area contributed by atoms with E-state index >= 15 is 0 Å². The zero-order valence-corrected chi connectivity index (χ0v) is 16.9. The molecule has 0 aliphatic rings. The molecule has 4 nitrogen and oxygen atoms in total. The number of hydrogen-bond acceptors (Lipinski definition) is 4. The highest BCUT2D eigenvalue weighted by atomic mass is 32.2. The maximum atomic E-state index is 13.0. The molecule has 1 aromatic heterocycles. The van der Waals surface area contributed by atoms with Gasteiger partial charge in [0.15, 0.2) is 0 Å². The summed E-state index contributed by atoms with van der Waals surface area (Å²) in [6.07, 6.45) is 2.94. The third-order valence-electron chi connectivity index (χ3n) is 3.69. The van der Waals surface area contributed by atoms with Crippen molar-refractivity contribution < 1.29 is 13.5 Å². The molecular weight excluding hydrogens is 354 g/mol. The van der Waals surface area contributed by atoms with E-state index in [-0.39, 0.29) is 6.61 Å². The molecule has 2 rings (SSSR count). The molecule has 138 valence electrons. The van der Waals surface area contributed by atoms with Crippen molar-refractivity contribution in [3.05, 3.63) is 40.8 Å². The minimum Gasteiger partial charge on any atom is -0.392 e. The number of aliphatic hydroxyl groups is 1. The summed E-state index contributed by atoms with van der Waals surface area (Å²) in [4.78, 5) is 1.05. The minimum absolute atomic E-state index is 0.123. The van der Waals surface area contributed by atoms with E-state index in [2.05, 4.69) is 11.6 Å². The summed E-state index contributed by atoms with van der Waals surface area (Å²) >= 11 is 1.33. The largest absolute Gasteiger partial charge is 0.392 e. The molecule has 0 radical (unpaired) electrons. The number of rotatable bonds is 7. The summed E-state index contributed by atoms with van der Waals surface area (Å²) in [5.74, 6) is 0. The quantitative estimate of drug-likeness (QED) is 0.750. The topological polar surface area (TPSA) is 66.4 Å². The van der Waals surface area contributed by atoms with Crippen LogP contribution < -0.4 is 4.72 Å². The Hall–Kier alpha value is -1.21. The van der Waals surface area contributed by atoms with E-state index in [1.54, 1.807) is 0 Å². The van der Waals surface area contributed by atoms with Crippen LogP contribution in [0.4, 0.5) is 0 Å². The van der Waals surface area contributed by atoms with E-state index in [4.69, 9.17) is 0 Å². The average Bonchev–Trinajstić information content (AvgIpc) is 2.95. The van der Waals surface area contributed by atoms with E-state index < -0.39 is 15.6 Å². The molecule has 0 unspecified atom stereocenters. The van der Waals surface area contributed by atoms with Gasteiger partial charge >= 0.3 is 0 Å². The lowest BCUT2D eigenvalue weighted by molar-refractivity contribution is 0.282. The second kappa shape index (κ2) is 7.99. The maximum absolute atomic E-state index is 13.0. The molecule has 0 aliphatic carbocycles. The highest BCUT2D eigenvalue weighted by molar-refractivity contribution is 7.91. The van der Waals surface area contributed by atoms with E-state index in [0.717, 1.165) is 35.3 Å². The number of hydrogen-bond donors (Lipinski definition) is 2. The van der Waals surface area contributed by atoms with Gasteiger partial charge in [0.25, 0.3) is 10.0 Å². The van der Waals surface area contributed by atoms with Gasteiger partial charge in [-0.3, -0.25) is 0 Å². The van der Waals surface area contributed by atoms with Crippen LogP contribution in [0.2, 0.25) is 0 Å². The Kier molecular flexibility index (Phi) is 6.43. The van der Waals surface area contributed by atoms with Gasteiger partial charge in [0.2, 0.25) is 0 Å². The van der Waals surface area contributed by atoms with Crippen molar-refractivity contribution >= 4 is 21.4 Å². The van der Waals surface area contributed by atoms with Crippen LogP contribution in [0.25, 0.3) is 11.1 Å². The molecule has 0 spiro atoms. The van der Waals surface area contributed by atoms with Crippen LogP contribution in [-0.4, -0.2) is 19.1 Å². The summed E-state index contributed by atoms with van der Waals surface area (Å²) in [6.45, 7) is 7.49. The van der Waals surface area contributed by atoms with E-state index in [1.807, 2.05) is 51.1 Å². The van der Waals surface area contributed by atoms with Gasteiger partial charge in [0, 0.05) is 16.0 Å². The normalized spacial score (nSPS) is 12.5. The number of benzene rings is 1. The van der Waals surface area contributed by atoms with Gasteiger partial charge in [-0.15, -0.1) is 11.3 Å². The Balaban J connectivity index is 2.60. The van der Waals surface area contributed by atoms with E-state index in [0.29, 0.717) is 9.77 Å². The first-order valence-corrected chi connectivity index (χ1v) is 10.8. The lowest BCUT2D eigenvalue weighted by atomic mass is 10.0. The van der Waals surface area contributed by atoms with Crippen LogP contribution in [0.3, 0.4) is 0 Å². The van der Waals surface area contributed by atoms with Gasteiger partial charge < -0.3 is 5.11 Å². The molecule has 0 saturated carbocycles. The van der Waals surface area contributed by atoms with Gasteiger partial charge in [0.1, 0.15) is 4.21 Å². The standard InChI is InChI=1S/C19H27NO3S2/c1-5-6-10-15-12-17(16-11-8-7-9-14(16)13-21)18(24-15)25(22,23)20-19(2,3)4/h7-9,11-12,20-21H,5-6,10,13H2,1-4H3. The SMILES string of the molecule is CCCCc1cc(-c2ccccc2CO)c(S(=O)(=O)NC(C)(C)C)s1. The summed E-state index contributed by atoms with van der Waals surface area (Å²) in [5, 5.41) is 9.65. The van der Waals surface area contributed by atoms with E-state index in [9.17, 15) is 13.5 Å². The zero-order valence-electron chi connectivity index (χ0n) is 15.3. The number of aryl methyl sites for hydroxylation is 1. The Labute approximate surface area is 155 Å². The van der Waals surface area contributed by atoms with Crippen LogP contribution >= 0.6 is 11.3 Å². The molecule has 2 aromatic rings. The Morgan fingerprint density at radius 3 is 2.44 bits per heavy atom. The Morgan fingerprint density at radius 2 is 1.84 bits per heavy atom. The van der Waals surface area contributed by atoms with Crippen molar-refractivity contribution in [1.29, 1.82) is 0 Å². The first-order valence-electron chi connectivity index (χ1n) is 8.53. The number of thiophene rings is 1. The van der Waals surface area contributed by atoms with Crippen molar-refractivity contribution in [3.8, 4) is 11.1 Å². The number of unbranched alkanes of at least 4 members (excludes halogenated alkanes) is 1. The van der Waals surface area contributed by atoms with Crippen molar-refractivity contribution in [1.82, 2.24) is 4.72 Å². The molecule has 0 saturated heterocycles. The van der Waals surface area contributed by atoms with Crippen LogP contribution in [-0.2, 0) is 23.1 Å². The Bertz CT molecular complexity index is 817. The van der Waals surface area contributed by atoms with Gasteiger partial charge in [-0.1, -0.05) is 37.6 Å². The fraction of sp³-hybridized carbons (Fsp3) is 0.474. The fourth-order valence-electron chi connectivity index (χ4n) is 2.66. The number of aliphatic hydroxyl groups excluding tert-OH is 1. The highest BCUT2D eigenvalue weighted by Crippen LogP contribution is 2.38. The zero-order chi connectivity index (χ0) is 18.7. The predicted molar refractivity (Wildman–Crippen MR) is 104 cm³/mol. The van der Waals surface area contributed by atoms with Crippen LogP contribution in [0.15, 0.2) is 34.5 Å².